The fraction of sp³-hybridized carbons (Fsp3) is 0.167. The van der Waals surface area contributed by atoms with Crippen LogP contribution in [0.5, 0.6) is 0 Å². The van der Waals surface area contributed by atoms with Crippen molar-refractivity contribution in [3.8, 4) is 11.3 Å². The van der Waals surface area contributed by atoms with Crippen molar-refractivity contribution in [1.29, 1.82) is 0 Å². The summed E-state index contributed by atoms with van der Waals surface area (Å²) in [7, 11) is -3.36. The molecule has 0 fully saturated rings. The Morgan fingerprint density at radius 1 is 1.04 bits per heavy atom. The first-order valence-electron chi connectivity index (χ1n) is 8.01. The van der Waals surface area contributed by atoms with Crippen LogP contribution in [0.15, 0.2) is 48.5 Å². The second kappa shape index (κ2) is 7.44. The second-order valence-corrected chi connectivity index (χ2v) is 9.03. The van der Waals surface area contributed by atoms with Gasteiger partial charge >= 0.3 is 6.18 Å². The smallest absolute Gasteiger partial charge is 0.332 e. The Bertz CT molecular complexity index is 1090. The third-order valence-electron chi connectivity index (χ3n) is 3.70. The lowest BCUT2D eigenvalue weighted by Crippen LogP contribution is -2.09. The highest BCUT2D eigenvalue weighted by molar-refractivity contribution is 7.92. The van der Waals surface area contributed by atoms with Crippen molar-refractivity contribution in [2.75, 3.05) is 16.3 Å². The summed E-state index contributed by atoms with van der Waals surface area (Å²) in [4.78, 5) is 5.33. The quantitative estimate of drug-likeness (QED) is 0.583. The lowest BCUT2D eigenvalue weighted by atomic mass is 10.1. The van der Waals surface area contributed by atoms with Crippen molar-refractivity contribution in [1.82, 2.24) is 4.98 Å². The molecule has 0 saturated carbocycles. The zero-order valence-corrected chi connectivity index (χ0v) is 16.5. The third kappa shape index (κ3) is 5.02. The zero-order valence-electron chi connectivity index (χ0n) is 14.8. The number of halogens is 3. The standard InChI is InChI=1S/C18H16F3N3O2S2/c1-11-16(12-6-8-14(9-7-12)24-28(2,25)26)23-17(27-11)22-15-5-3-4-13(10-15)18(19,20)21/h3-10,24H,1-2H3,(H,22,23). The Morgan fingerprint density at radius 2 is 1.71 bits per heavy atom. The molecular formula is C18H16F3N3O2S2. The van der Waals surface area contributed by atoms with Crippen LogP contribution in [0.4, 0.5) is 29.7 Å². The van der Waals surface area contributed by atoms with Crippen molar-refractivity contribution in [2.24, 2.45) is 0 Å². The number of rotatable bonds is 5. The molecule has 0 atom stereocenters. The largest absolute Gasteiger partial charge is 0.416 e. The summed E-state index contributed by atoms with van der Waals surface area (Å²) in [5.74, 6) is 0. The molecule has 0 aliphatic carbocycles. The molecule has 5 nitrogen and oxygen atoms in total. The lowest BCUT2D eigenvalue weighted by Gasteiger charge is -2.09. The van der Waals surface area contributed by atoms with Gasteiger partial charge in [-0.15, -0.1) is 11.3 Å². The summed E-state index contributed by atoms with van der Waals surface area (Å²) in [6.45, 7) is 1.85. The number of alkyl halides is 3. The molecule has 0 unspecified atom stereocenters. The molecular weight excluding hydrogens is 411 g/mol. The fourth-order valence-electron chi connectivity index (χ4n) is 2.52. The monoisotopic (exact) mass is 427 g/mol. The lowest BCUT2D eigenvalue weighted by molar-refractivity contribution is -0.137. The van der Waals surface area contributed by atoms with Crippen molar-refractivity contribution < 1.29 is 21.6 Å². The number of anilines is 3. The molecule has 28 heavy (non-hydrogen) atoms. The van der Waals surface area contributed by atoms with E-state index in [4.69, 9.17) is 0 Å². The first-order chi connectivity index (χ1) is 13.0. The summed E-state index contributed by atoms with van der Waals surface area (Å²) in [5.41, 5.74) is 1.43. The molecule has 148 valence electrons. The highest BCUT2D eigenvalue weighted by Crippen LogP contribution is 2.34. The molecule has 0 aliphatic rings. The molecule has 1 heterocycles. The Morgan fingerprint density at radius 3 is 2.32 bits per heavy atom. The zero-order chi connectivity index (χ0) is 20.5. The highest BCUT2D eigenvalue weighted by atomic mass is 32.2. The molecule has 0 amide bonds. The van der Waals surface area contributed by atoms with Crippen LogP contribution in [0.2, 0.25) is 0 Å². The molecule has 3 rings (SSSR count). The van der Waals surface area contributed by atoms with Gasteiger partial charge in [-0.3, -0.25) is 4.72 Å². The number of aromatic nitrogens is 1. The minimum atomic E-state index is -4.41. The first kappa shape index (κ1) is 20.2. The number of sulfonamides is 1. The van der Waals surface area contributed by atoms with Crippen molar-refractivity contribution in [3.05, 3.63) is 59.0 Å². The number of hydrogen-bond donors (Lipinski definition) is 2. The number of benzene rings is 2. The molecule has 0 spiro atoms. The molecule has 3 aromatic rings. The summed E-state index contributed by atoms with van der Waals surface area (Å²) in [6.07, 6.45) is -3.35. The van der Waals surface area contributed by atoms with Gasteiger partial charge < -0.3 is 5.32 Å². The maximum atomic E-state index is 12.8. The molecule has 2 N–H and O–H groups in total. The Labute approximate surface area is 164 Å². The molecule has 0 bridgehead atoms. The second-order valence-electron chi connectivity index (χ2n) is 6.08. The van der Waals surface area contributed by atoms with E-state index in [0.717, 1.165) is 28.8 Å². The van der Waals surface area contributed by atoms with Gasteiger partial charge in [0.25, 0.3) is 0 Å². The fourth-order valence-corrected chi connectivity index (χ4v) is 3.94. The van der Waals surface area contributed by atoms with E-state index in [9.17, 15) is 21.6 Å². The Balaban J connectivity index is 1.82. The highest BCUT2D eigenvalue weighted by Gasteiger charge is 2.30. The van der Waals surface area contributed by atoms with E-state index >= 15 is 0 Å². The number of nitrogens with zero attached hydrogens (tertiary/aromatic N) is 1. The number of aryl methyl sites for hydroxylation is 1. The van der Waals surface area contributed by atoms with E-state index in [1.807, 2.05) is 6.92 Å². The van der Waals surface area contributed by atoms with Crippen LogP contribution >= 0.6 is 11.3 Å². The topological polar surface area (TPSA) is 71.1 Å². The Hall–Kier alpha value is -2.59. The minimum Gasteiger partial charge on any atom is -0.332 e. The van der Waals surface area contributed by atoms with E-state index in [1.165, 1.54) is 23.5 Å². The van der Waals surface area contributed by atoms with E-state index in [1.54, 1.807) is 24.3 Å². The predicted octanol–water partition coefficient (Wildman–Crippen LogP) is 5.25. The van der Waals surface area contributed by atoms with Crippen LogP contribution in [-0.4, -0.2) is 19.7 Å². The van der Waals surface area contributed by atoms with Crippen molar-refractivity contribution in [3.63, 3.8) is 0 Å². The van der Waals surface area contributed by atoms with Gasteiger partial charge in [-0.05, 0) is 37.3 Å². The maximum absolute atomic E-state index is 12.8. The van der Waals surface area contributed by atoms with Gasteiger partial charge in [0.15, 0.2) is 5.13 Å². The van der Waals surface area contributed by atoms with Gasteiger partial charge in [0, 0.05) is 21.8 Å². The minimum absolute atomic E-state index is 0.294. The number of hydrogen-bond acceptors (Lipinski definition) is 5. The number of nitrogens with one attached hydrogen (secondary N) is 2. The van der Waals surface area contributed by atoms with E-state index in [-0.39, 0.29) is 0 Å². The number of thiazole rings is 1. The normalized spacial score (nSPS) is 12.0. The van der Waals surface area contributed by atoms with Crippen LogP contribution in [-0.2, 0) is 16.2 Å². The summed E-state index contributed by atoms with van der Waals surface area (Å²) in [5, 5.41) is 3.37. The molecule has 1 aromatic heterocycles. The summed E-state index contributed by atoms with van der Waals surface area (Å²) >= 11 is 1.32. The molecule has 10 heteroatoms. The van der Waals surface area contributed by atoms with Crippen LogP contribution in [0.3, 0.4) is 0 Å². The van der Waals surface area contributed by atoms with E-state index < -0.39 is 21.8 Å². The van der Waals surface area contributed by atoms with E-state index in [0.29, 0.717) is 22.2 Å². The van der Waals surface area contributed by atoms with Crippen LogP contribution in [0.1, 0.15) is 10.4 Å². The molecule has 0 aliphatic heterocycles. The van der Waals surface area contributed by atoms with Gasteiger partial charge in [-0.2, -0.15) is 13.2 Å². The van der Waals surface area contributed by atoms with Crippen LogP contribution < -0.4 is 10.0 Å². The van der Waals surface area contributed by atoms with Gasteiger partial charge in [0.05, 0.1) is 17.5 Å². The third-order valence-corrected chi connectivity index (χ3v) is 5.19. The molecule has 0 saturated heterocycles. The van der Waals surface area contributed by atoms with E-state index in [2.05, 4.69) is 15.0 Å². The maximum Gasteiger partial charge on any atom is 0.416 e. The summed E-state index contributed by atoms with van der Waals surface area (Å²) < 4.78 is 63.5. The Kier molecular flexibility index (Phi) is 5.35. The van der Waals surface area contributed by atoms with Crippen LogP contribution in [0.25, 0.3) is 11.3 Å². The summed E-state index contributed by atoms with van der Waals surface area (Å²) in [6, 6.07) is 11.6. The van der Waals surface area contributed by atoms with Gasteiger partial charge in [-0.1, -0.05) is 18.2 Å². The molecule has 2 aromatic carbocycles. The van der Waals surface area contributed by atoms with Gasteiger partial charge in [0.2, 0.25) is 10.0 Å². The average molecular weight is 427 g/mol. The van der Waals surface area contributed by atoms with Crippen molar-refractivity contribution in [2.45, 2.75) is 13.1 Å². The van der Waals surface area contributed by atoms with Crippen LogP contribution in [0, 0.1) is 6.92 Å². The van der Waals surface area contributed by atoms with Gasteiger partial charge in [0.1, 0.15) is 0 Å². The predicted molar refractivity (Wildman–Crippen MR) is 105 cm³/mol. The van der Waals surface area contributed by atoms with Crippen molar-refractivity contribution >= 4 is 37.9 Å². The average Bonchev–Trinajstić information content (AvgIpc) is 2.94. The van der Waals surface area contributed by atoms with Gasteiger partial charge in [-0.25, -0.2) is 13.4 Å². The SMILES string of the molecule is Cc1sc(Nc2cccc(C(F)(F)F)c2)nc1-c1ccc(NS(C)(=O)=O)cc1. The first-order valence-corrected chi connectivity index (χ1v) is 10.7. The molecule has 0 radical (unpaired) electrons.